The molecular formula is C15H11ClFNO3. The zero-order chi connectivity index (χ0) is 15.2. The Kier molecular flexibility index (Phi) is 4.90. The number of rotatable bonds is 5. The fourth-order valence-electron chi connectivity index (χ4n) is 1.65. The number of hydrogen-bond donors (Lipinski definition) is 0. The summed E-state index contributed by atoms with van der Waals surface area (Å²) in [4.78, 5) is 9.67. The van der Waals surface area contributed by atoms with E-state index in [2.05, 4.69) is 0 Å². The lowest BCUT2D eigenvalue weighted by Crippen LogP contribution is -1.99. The van der Waals surface area contributed by atoms with Crippen molar-refractivity contribution in [3.63, 3.8) is 0 Å². The fraction of sp³-hybridized carbons (Fsp3) is 0.0667. The van der Waals surface area contributed by atoms with Gasteiger partial charge in [0.25, 0.3) is 0 Å². The molecule has 0 saturated carbocycles. The van der Waals surface area contributed by atoms with Gasteiger partial charge >= 0.3 is 0 Å². The molecule has 0 spiro atoms. The van der Waals surface area contributed by atoms with Crippen LogP contribution >= 0.6 is 11.6 Å². The Bertz CT molecular complexity index is 651. The molecule has 0 fully saturated rings. The summed E-state index contributed by atoms with van der Waals surface area (Å²) < 4.78 is 19.0. The highest BCUT2D eigenvalue weighted by atomic mass is 35.5. The standard InChI is InChI=1S/C15H11ClFNO3/c16-14-2-1-3-15(17)13(14)10-21-12-6-4-11(5-7-12)8-9-18(19)20/h1-9H,10H2/b9-8+. The van der Waals surface area contributed by atoms with E-state index in [0.29, 0.717) is 16.3 Å². The Morgan fingerprint density at radius 2 is 1.95 bits per heavy atom. The number of hydrogen-bond acceptors (Lipinski definition) is 3. The Hall–Kier alpha value is -2.40. The van der Waals surface area contributed by atoms with Gasteiger partial charge in [-0.3, -0.25) is 10.1 Å². The molecule has 0 aliphatic rings. The largest absolute Gasteiger partial charge is 0.489 e. The predicted octanol–water partition coefficient (Wildman–Crippen LogP) is 4.31. The highest BCUT2D eigenvalue weighted by Gasteiger charge is 2.07. The molecule has 4 nitrogen and oxygen atoms in total. The van der Waals surface area contributed by atoms with E-state index in [4.69, 9.17) is 16.3 Å². The lowest BCUT2D eigenvalue weighted by molar-refractivity contribution is -0.400. The van der Waals surface area contributed by atoms with Crippen molar-refractivity contribution >= 4 is 17.7 Å². The molecule has 2 aromatic rings. The molecule has 6 heteroatoms. The monoisotopic (exact) mass is 307 g/mol. The predicted molar refractivity (Wildman–Crippen MR) is 78.2 cm³/mol. The summed E-state index contributed by atoms with van der Waals surface area (Å²) >= 11 is 5.90. The van der Waals surface area contributed by atoms with Crippen molar-refractivity contribution in [2.75, 3.05) is 0 Å². The van der Waals surface area contributed by atoms with Crippen LogP contribution in [0.4, 0.5) is 4.39 Å². The van der Waals surface area contributed by atoms with E-state index in [0.717, 1.165) is 6.20 Å². The smallest absolute Gasteiger partial charge is 0.235 e. The van der Waals surface area contributed by atoms with E-state index in [9.17, 15) is 14.5 Å². The van der Waals surface area contributed by atoms with Crippen LogP contribution in [-0.2, 0) is 6.61 Å². The molecule has 2 rings (SSSR count). The number of halogens is 2. The second-order valence-corrected chi connectivity index (χ2v) is 4.57. The molecule has 0 amide bonds. The average Bonchev–Trinajstić information content (AvgIpc) is 2.46. The van der Waals surface area contributed by atoms with Gasteiger partial charge in [0, 0.05) is 11.6 Å². The minimum Gasteiger partial charge on any atom is -0.489 e. The lowest BCUT2D eigenvalue weighted by atomic mass is 10.2. The zero-order valence-electron chi connectivity index (χ0n) is 10.8. The summed E-state index contributed by atoms with van der Waals surface area (Å²) in [5.74, 6) is 0.0978. The summed E-state index contributed by atoms with van der Waals surface area (Å²) in [6.07, 6.45) is 2.23. The van der Waals surface area contributed by atoms with E-state index in [1.807, 2.05) is 0 Å². The third-order valence-electron chi connectivity index (χ3n) is 2.71. The van der Waals surface area contributed by atoms with Crippen LogP contribution in [0, 0.1) is 15.9 Å². The molecule has 0 atom stereocenters. The third kappa shape index (κ3) is 4.29. The van der Waals surface area contributed by atoms with Crippen molar-refractivity contribution in [1.82, 2.24) is 0 Å². The summed E-state index contributed by atoms with van der Waals surface area (Å²) in [5.41, 5.74) is 0.958. The van der Waals surface area contributed by atoms with Gasteiger partial charge in [-0.05, 0) is 29.8 Å². The second-order valence-electron chi connectivity index (χ2n) is 4.16. The Morgan fingerprint density at radius 1 is 1.24 bits per heavy atom. The topological polar surface area (TPSA) is 52.4 Å². The maximum absolute atomic E-state index is 13.6. The molecule has 0 bridgehead atoms. The molecular weight excluding hydrogens is 297 g/mol. The minimum atomic E-state index is -0.537. The number of nitrogens with zero attached hydrogens (tertiary/aromatic N) is 1. The number of nitro groups is 1. The van der Waals surface area contributed by atoms with Gasteiger partial charge < -0.3 is 4.74 Å². The van der Waals surface area contributed by atoms with E-state index < -0.39 is 10.7 Å². The molecule has 0 aliphatic carbocycles. The highest BCUT2D eigenvalue weighted by molar-refractivity contribution is 6.31. The van der Waals surface area contributed by atoms with Crippen LogP contribution in [0.1, 0.15) is 11.1 Å². The molecule has 0 aliphatic heterocycles. The summed E-state index contributed by atoms with van der Waals surface area (Å²) in [6.45, 7) is 0.00951. The summed E-state index contributed by atoms with van der Waals surface area (Å²) in [7, 11) is 0. The first-order valence-electron chi connectivity index (χ1n) is 6.04. The zero-order valence-corrected chi connectivity index (χ0v) is 11.6. The van der Waals surface area contributed by atoms with Gasteiger partial charge in [-0.2, -0.15) is 0 Å². The van der Waals surface area contributed by atoms with Crippen LogP contribution in [0.2, 0.25) is 5.02 Å². The lowest BCUT2D eigenvalue weighted by Gasteiger charge is -2.08. The molecule has 0 saturated heterocycles. The molecule has 0 radical (unpaired) electrons. The van der Waals surface area contributed by atoms with Gasteiger partial charge in [-0.15, -0.1) is 0 Å². The van der Waals surface area contributed by atoms with Crippen LogP contribution in [0.15, 0.2) is 48.7 Å². The van der Waals surface area contributed by atoms with Gasteiger partial charge in [-0.1, -0.05) is 29.8 Å². The molecule has 2 aromatic carbocycles. The number of ether oxygens (including phenoxy) is 1. The molecule has 21 heavy (non-hydrogen) atoms. The average molecular weight is 308 g/mol. The third-order valence-corrected chi connectivity index (χ3v) is 3.07. The Labute approximate surface area is 125 Å². The quantitative estimate of drug-likeness (QED) is 0.611. The van der Waals surface area contributed by atoms with E-state index in [-0.39, 0.29) is 12.2 Å². The van der Waals surface area contributed by atoms with Crippen molar-refractivity contribution in [3.05, 3.63) is 80.7 Å². The number of benzene rings is 2. The van der Waals surface area contributed by atoms with Crippen LogP contribution in [0.5, 0.6) is 5.75 Å². The van der Waals surface area contributed by atoms with Crippen LogP contribution in [-0.4, -0.2) is 4.92 Å². The first-order valence-corrected chi connectivity index (χ1v) is 6.41. The summed E-state index contributed by atoms with van der Waals surface area (Å²) in [5, 5.41) is 10.5. The highest BCUT2D eigenvalue weighted by Crippen LogP contribution is 2.21. The van der Waals surface area contributed by atoms with Crippen LogP contribution in [0.3, 0.4) is 0 Å². The van der Waals surface area contributed by atoms with Crippen molar-refractivity contribution in [3.8, 4) is 5.75 Å². The van der Waals surface area contributed by atoms with Crippen LogP contribution < -0.4 is 4.74 Å². The minimum absolute atomic E-state index is 0.00951. The first kappa shape index (κ1) is 15.0. The summed E-state index contributed by atoms with van der Waals surface area (Å²) in [6, 6.07) is 11.1. The maximum atomic E-state index is 13.6. The first-order chi connectivity index (χ1) is 10.1. The van der Waals surface area contributed by atoms with Gasteiger partial charge in [0.1, 0.15) is 18.2 Å². The van der Waals surface area contributed by atoms with Gasteiger partial charge in [0.05, 0.1) is 9.95 Å². The van der Waals surface area contributed by atoms with Gasteiger partial charge in [0.15, 0.2) is 0 Å². The molecule has 0 N–H and O–H groups in total. The fourth-order valence-corrected chi connectivity index (χ4v) is 1.87. The SMILES string of the molecule is O=[N+]([O-])/C=C/c1ccc(OCc2c(F)cccc2Cl)cc1. The van der Waals surface area contributed by atoms with Crippen molar-refractivity contribution in [2.45, 2.75) is 6.61 Å². The molecule has 108 valence electrons. The van der Waals surface area contributed by atoms with Crippen molar-refractivity contribution < 1.29 is 14.1 Å². The molecule has 0 unspecified atom stereocenters. The normalized spacial score (nSPS) is 10.8. The van der Waals surface area contributed by atoms with E-state index in [1.165, 1.54) is 18.2 Å². The second kappa shape index (κ2) is 6.85. The Morgan fingerprint density at radius 3 is 2.57 bits per heavy atom. The van der Waals surface area contributed by atoms with Crippen LogP contribution in [0.25, 0.3) is 6.08 Å². The van der Waals surface area contributed by atoms with E-state index >= 15 is 0 Å². The van der Waals surface area contributed by atoms with Crippen molar-refractivity contribution in [2.24, 2.45) is 0 Å². The molecule has 0 aromatic heterocycles. The maximum Gasteiger partial charge on any atom is 0.235 e. The van der Waals surface area contributed by atoms with E-state index in [1.54, 1.807) is 30.3 Å². The Balaban J connectivity index is 2.02. The van der Waals surface area contributed by atoms with Crippen molar-refractivity contribution in [1.29, 1.82) is 0 Å². The van der Waals surface area contributed by atoms with Gasteiger partial charge in [-0.25, -0.2) is 4.39 Å². The van der Waals surface area contributed by atoms with Gasteiger partial charge in [0.2, 0.25) is 6.20 Å². The molecule has 0 heterocycles.